The van der Waals surface area contributed by atoms with Gasteiger partial charge in [0.2, 0.25) is 5.91 Å². The zero-order valence-electron chi connectivity index (χ0n) is 7.64. The van der Waals surface area contributed by atoms with Gasteiger partial charge in [0.25, 0.3) is 5.24 Å². The molecule has 1 saturated carbocycles. The van der Waals surface area contributed by atoms with Crippen LogP contribution in [-0.2, 0) is 4.79 Å². The lowest BCUT2D eigenvalue weighted by atomic mass is 10.1. The van der Waals surface area contributed by atoms with E-state index in [0.717, 1.165) is 16.7 Å². The number of imide groups is 1. The molecule has 6 heteroatoms. The van der Waals surface area contributed by atoms with Gasteiger partial charge < -0.3 is 10.2 Å². The maximum Gasteiger partial charge on any atom is 0.289 e. The first-order valence-electron chi connectivity index (χ1n) is 4.33. The molecule has 14 heavy (non-hydrogen) atoms. The minimum absolute atomic E-state index is 0.160. The summed E-state index contributed by atoms with van der Waals surface area (Å²) in [6.45, 7) is 0. The quantitative estimate of drug-likeness (QED) is 0.575. The number of amides is 2. The molecule has 0 aromatic heterocycles. The molecule has 1 heterocycles. The van der Waals surface area contributed by atoms with Crippen molar-refractivity contribution in [3.8, 4) is 0 Å². The van der Waals surface area contributed by atoms with Gasteiger partial charge >= 0.3 is 0 Å². The Morgan fingerprint density at radius 3 is 2.21 bits per heavy atom. The molecule has 0 aromatic carbocycles. The Morgan fingerprint density at radius 2 is 1.86 bits per heavy atom. The highest BCUT2D eigenvalue weighted by molar-refractivity contribution is 8.16. The SMILES string of the molecule is CN1C(=O)SC2(C[C@@H](O)[C@@H](O)C2)C1=O. The van der Waals surface area contributed by atoms with Crippen molar-refractivity contribution in [3.05, 3.63) is 0 Å². The summed E-state index contributed by atoms with van der Waals surface area (Å²) < 4.78 is -0.912. The van der Waals surface area contributed by atoms with Crippen molar-refractivity contribution in [2.24, 2.45) is 0 Å². The van der Waals surface area contributed by atoms with Crippen molar-refractivity contribution >= 4 is 22.9 Å². The van der Waals surface area contributed by atoms with Crippen molar-refractivity contribution in [1.29, 1.82) is 0 Å². The summed E-state index contributed by atoms with van der Waals surface area (Å²) in [6, 6.07) is 0. The highest BCUT2D eigenvalue weighted by Gasteiger charge is 2.57. The molecule has 0 aromatic rings. The van der Waals surface area contributed by atoms with E-state index in [1.807, 2.05) is 0 Å². The molecule has 5 nitrogen and oxygen atoms in total. The molecule has 2 aliphatic rings. The minimum atomic E-state index is -0.912. The highest BCUT2D eigenvalue weighted by Crippen LogP contribution is 2.48. The molecule has 1 saturated heterocycles. The van der Waals surface area contributed by atoms with E-state index in [1.54, 1.807) is 0 Å². The molecule has 1 aliphatic carbocycles. The Morgan fingerprint density at radius 1 is 1.36 bits per heavy atom. The number of nitrogens with zero attached hydrogens (tertiary/aromatic N) is 1. The van der Waals surface area contributed by atoms with Crippen LogP contribution in [0.5, 0.6) is 0 Å². The fourth-order valence-electron chi connectivity index (χ4n) is 1.96. The first-order valence-corrected chi connectivity index (χ1v) is 5.15. The second-order valence-electron chi connectivity index (χ2n) is 3.77. The van der Waals surface area contributed by atoms with Gasteiger partial charge in [0, 0.05) is 19.9 Å². The second-order valence-corrected chi connectivity index (χ2v) is 5.10. The number of hydrogen-bond acceptors (Lipinski definition) is 5. The minimum Gasteiger partial charge on any atom is -0.390 e. The average molecular weight is 217 g/mol. The summed E-state index contributed by atoms with van der Waals surface area (Å²) in [5, 5.41) is 18.4. The molecule has 2 fully saturated rings. The lowest BCUT2D eigenvalue weighted by Crippen LogP contribution is -2.36. The Kier molecular flexibility index (Phi) is 2.09. The predicted octanol–water partition coefficient (Wildman–Crippen LogP) is -0.434. The first kappa shape index (κ1) is 9.95. The van der Waals surface area contributed by atoms with Crippen molar-refractivity contribution in [3.63, 3.8) is 0 Å². The summed E-state index contributed by atoms with van der Waals surface area (Å²) in [5.74, 6) is -0.303. The molecular weight excluding hydrogens is 206 g/mol. The molecule has 78 valence electrons. The second kappa shape index (κ2) is 2.95. The average Bonchev–Trinajstić information content (AvgIpc) is 2.49. The topological polar surface area (TPSA) is 77.8 Å². The number of thioether (sulfide) groups is 1. The summed E-state index contributed by atoms with van der Waals surface area (Å²) in [5.41, 5.74) is 0. The van der Waals surface area contributed by atoms with E-state index in [1.165, 1.54) is 7.05 Å². The fraction of sp³-hybridized carbons (Fsp3) is 0.750. The van der Waals surface area contributed by atoms with Gasteiger partial charge in [0.05, 0.1) is 12.2 Å². The van der Waals surface area contributed by atoms with E-state index >= 15 is 0 Å². The summed E-state index contributed by atoms with van der Waals surface area (Å²) in [7, 11) is 1.42. The molecule has 2 rings (SSSR count). The summed E-state index contributed by atoms with van der Waals surface area (Å²) in [4.78, 5) is 24.0. The standard InChI is InChI=1S/C8H11NO4S/c1-9-6(12)8(14-7(9)13)2-4(10)5(11)3-8/h4-5,10-11H,2-3H2,1H3/t4-,5+,8?. The molecule has 0 radical (unpaired) electrons. The van der Waals surface area contributed by atoms with Gasteiger partial charge in [-0.2, -0.15) is 0 Å². The van der Waals surface area contributed by atoms with Gasteiger partial charge in [-0.05, 0) is 11.8 Å². The molecule has 3 atom stereocenters. The Hall–Kier alpha value is -0.590. The van der Waals surface area contributed by atoms with Crippen LogP contribution in [0.4, 0.5) is 4.79 Å². The third-order valence-electron chi connectivity index (χ3n) is 2.77. The molecular formula is C8H11NO4S. The van der Waals surface area contributed by atoms with E-state index in [2.05, 4.69) is 0 Å². The van der Waals surface area contributed by atoms with Crippen LogP contribution in [0.3, 0.4) is 0 Å². The smallest absolute Gasteiger partial charge is 0.289 e. The number of aliphatic hydroxyl groups excluding tert-OH is 2. The van der Waals surface area contributed by atoms with Crippen LogP contribution in [-0.4, -0.2) is 50.3 Å². The van der Waals surface area contributed by atoms with Crippen LogP contribution in [0, 0.1) is 0 Å². The van der Waals surface area contributed by atoms with E-state index in [0.29, 0.717) is 0 Å². The van der Waals surface area contributed by atoms with E-state index in [-0.39, 0.29) is 24.0 Å². The highest BCUT2D eigenvalue weighted by atomic mass is 32.2. The maximum atomic E-state index is 11.7. The van der Waals surface area contributed by atoms with Crippen molar-refractivity contribution in [2.45, 2.75) is 29.8 Å². The van der Waals surface area contributed by atoms with E-state index in [9.17, 15) is 19.8 Å². The zero-order valence-corrected chi connectivity index (χ0v) is 8.45. The molecule has 2 amide bonds. The Balaban J connectivity index is 2.27. The van der Waals surface area contributed by atoms with Crippen LogP contribution in [0.2, 0.25) is 0 Å². The number of carbonyl (C=O) groups is 2. The van der Waals surface area contributed by atoms with Crippen LogP contribution in [0.25, 0.3) is 0 Å². The lowest BCUT2D eigenvalue weighted by molar-refractivity contribution is -0.128. The number of carbonyl (C=O) groups excluding carboxylic acids is 2. The first-order chi connectivity index (χ1) is 6.46. The van der Waals surface area contributed by atoms with E-state index in [4.69, 9.17) is 0 Å². The van der Waals surface area contributed by atoms with Gasteiger partial charge in [0.15, 0.2) is 0 Å². The molecule has 1 unspecified atom stereocenters. The van der Waals surface area contributed by atoms with Crippen LogP contribution < -0.4 is 0 Å². The third-order valence-corrected chi connectivity index (χ3v) is 4.12. The van der Waals surface area contributed by atoms with Crippen LogP contribution >= 0.6 is 11.8 Å². The van der Waals surface area contributed by atoms with E-state index < -0.39 is 17.0 Å². The molecule has 2 N–H and O–H groups in total. The number of rotatable bonds is 0. The maximum absolute atomic E-state index is 11.7. The summed E-state index contributed by atoms with van der Waals surface area (Å²) >= 11 is 0.917. The zero-order chi connectivity index (χ0) is 10.5. The van der Waals surface area contributed by atoms with Crippen molar-refractivity contribution in [2.75, 3.05) is 7.05 Å². The monoisotopic (exact) mass is 217 g/mol. The van der Waals surface area contributed by atoms with Gasteiger partial charge in [-0.25, -0.2) is 0 Å². The normalized spacial score (nSPS) is 42.9. The molecule has 1 aliphatic heterocycles. The van der Waals surface area contributed by atoms with Gasteiger partial charge in [0.1, 0.15) is 4.75 Å². The summed E-state index contributed by atoms with van der Waals surface area (Å²) in [6.07, 6.45) is -1.47. The van der Waals surface area contributed by atoms with Crippen LogP contribution in [0.15, 0.2) is 0 Å². The third kappa shape index (κ3) is 1.18. The van der Waals surface area contributed by atoms with Crippen molar-refractivity contribution in [1.82, 2.24) is 4.90 Å². The Bertz CT molecular complexity index is 296. The van der Waals surface area contributed by atoms with Crippen molar-refractivity contribution < 1.29 is 19.8 Å². The largest absolute Gasteiger partial charge is 0.390 e. The Labute approximate surface area is 85.1 Å². The predicted molar refractivity (Wildman–Crippen MR) is 49.7 cm³/mol. The molecule has 0 bridgehead atoms. The lowest BCUT2D eigenvalue weighted by Gasteiger charge is -2.17. The number of aliphatic hydroxyl groups is 2. The molecule has 1 spiro atoms. The fourth-order valence-corrected chi connectivity index (χ4v) is 3.24. The van der Waals surface area contributed by atoms with Gasteiger partial charge in [-0.1, -0.05) is 0 Å². The number of hydrogen-bond donors (Lipinski definition) is 2. The van der Waals surface area contributed by atoms with Gasteiger partial charge in [-0.3, -0.25) is 14.5 Å². The van der Waals surface area contributed by atoms with Crippen LogP contribution in [0.1, 0.15) is 12.8 Å². The van der Waals surface area contributed by atoms with Gasteiger partial charge in [-0.15, -0.1) is 0 Å².